The van der Waals surface area contributed by atoms with Gasteiger partial charge in [0.2, 0.25) is 17.7 Å². The molecule has 1 N–H and O–H groups in total. The molecule has 7 atom stereocenters. The van der Waals surface area contributed by atoms with Crippen LogP contribution < -0.4 is 0 Å². The molecule has 3 aliphatic heterocycles. The number of aliphatic hydroxyl groups is 1. The summed E-state index contributed by atoms with van der Waals surface area (Å²) in [6, 6.07) is 17.7. The first-order valence-electron chi connectivity index (χ1n) is 16.2. The Morgan fingerprint density at radius 3 is 2.20 bits per heavy atom. The average molecular weight is 614 g/mol. The van der Waals surface area contributed by atoms with E-state index < -0.39 is 35.1 Å². The number of fused-ring (bicyclic) bond motifs is 1. The van der Waals surface area contributed by atoms with Crippen molar-refractivity contribution in [1.29, 1.82) is 0 Å². The van der Waals surface area contributed by atoms with Crippen LogP contribution in [0.4, 0.5) is 0 Å². The molecule has 8 nitrogen and oxygen atoms in total. The molecule has 5 rings (SSSR count). The molecule has 3 aliphatic rings. The molecule has 2 aromatic carbocycles. The summed E-state index contributed by atoms with van der Waals surface area (Å²) < 4.78 is 6.99. The van der Waals surface area contributed by atoms with Gasteiger partial charge in [-0.05, 0) is 43.2 Å². The zero-order valence-electron chi connectivity index (χ0n) is 26.8. The maximum absolute atomic E-state index is 14.9. The topological polar surface area (TPSA) is 90.4 Å². The van der Waals surface area contributed by atoms with E-state index >= 15 is 0 Å². The van der Waals surface area contributed by atoms with Crippen LogP contribution >= 0.6 is 0 Å². The Hall–Kier alpha value is -3.75. The highest BCUT2D eigenvalue weighted by Gasteiger charge is 2.80. The van der Waals surface area contributed by atoms with Gasteiger partial charge in [0, 0.05) is 26.2 Å². The Kier molecular flexibility index (Phi) is 9.65. The first-order valence-corrected chi connectivity index (χ1v) is 16.2. The van der Waals surface area contributed by atoms with Gasteiger partial charge in [-0.25, -0.2) is 0 Å². The Morgan fingerprint density at radius 2 is 1.62 bits per heavy atom. The minimum atomic E-state index is -1.21. The van der Waals surface area contributed by atoms with Crippen LogP contribution in [0.3, 0.4) is 0 Å². The van der Waals surface area contributed by atoms with E-state index in [-0.39, 0.29) is 36.8 Å². The average Bonchev–Trinajstić information content (AvgIpc) is 3.56. The van der Waals surface area contributed by atoms with Gasteiger partial charge < -0.3 is 24.5 Å². The predicted molar refractivity (Wildman–Crippen MR) is 174 cm³/mol. The van der Waals surface area contributed by atoms with Crippen LogP contribution in [0.2, 0.25) is 0 Å². The molecule has 8 heteroatoms. The predicted octanol–water partition coefficient (Wildman–Crippen LogP) is 4.24. The van der Waals surface area contributed by atoms with Crippen molar-refractivity contribution in [2.45, 2.75) is 69.9 Å². The molecule has 3 saturated heterocycles. The second-order valence-corrected chi connectivity index (χ2v) is 13.0. The Balaban J connectivity index is 1.63. The van der Waals surface area contributed by atoms with E-state index in [0.29, 0.717) is 32.5 Å². The molecule has 0 saturated carbocycles. The molecule has 2 aromatic rings. The van der Waals surface area contributed by atoms with Crippen molar-refractivity contribution < 1.29 is 24.2 Å². The number of hydrogen-bond acceptors (Lipinski definition) is 5. The van der Waals surface area contributed by atoms with Gasteiger partial charge in [-0.2, -0.15) is 0 Å². The number of amides is 3. The van der Waals surface area contributed by atoms with Crippen LogP contribution in [0.5, 0.6) is 0 Å². The van der Waals surface area contributed by atoms with Crippen molar-refractivity contribution >= 4 is 17.7 Å². The van der Waals surface area contributed by atoms with Gasteiger partial charge in [0.15, 0.2) is 0 Å². The van der Waals surface area contributed by atoms with Crippen LogP contribution in [0.1, 0.15) is 44.7 Å². The highest BCUT2D eigenvalue weighted by molar-refractivity contribution is 5.99. The Labute approximate surface area is 267 Å². The summed E-state index contributed by atoms with van der Waals surface area (Å²) in [6.07, 6.45) is 4.97. The zero-order chi connectivity index (χ0) is 32.4. The lowest BCUT2D eigenvalue weighted by Gasteiger charge is -2.39. The lowest BCUT2D eigenvalue weighted by molar-refractivity contribution is -0.157. The monoisotopic (exact) mass is 613 g/mol. The van der Waals surface area contributed by atoms with E-state index in [4.69, 9.17) is 4.74 Å². The summed E-state index contributed by atoms with van der Waals surface area (Å²) in [5.41, 5.74) is -0.248. The lowest BCUT2D eigenvalue weighted by atomic mass is 9.62. The van der Waals surface area contributed by atoms with Crippen molar-refractivity contribution in [2.75, 3.05) is 26.2 Å². The summed E-state index contributed by atoms with van der Waals surface area (Å²) in [7, 11) is 0. The van der Waals surface area contributed by atoms with Gasteiger partial charge in [-0.1, -0.05) is 86.7 Å². The molecule has 240 valence electrons. The largest absolute Gasteiger partial charge is 0.394 e. The molecule has 45 heavy (non-hydrogen) atoms. The van der Waals surface area contributed by atoms with Gasteiger partial charge in [0.1, 0.15) is 11.6 Å². The molecule has 3 fully saturated rings. The highest BCUT2D eigenvalue weighted by atomic mass is 16.5. The fourth-order valence-corrected chi connectivity index (χ4v) is 8.14. The van der Waals surface area contributed by atoms with Crippen molar-refractivity contribution in [1.82, 2.24) is 14.7 Å². The molecular formula is C37H47N3O5. The van der Waals surface area contributed by atoms with Crippen molar-refractivity contribution in [3.8, 4) is 0 Å². The Bertz CT molecular complexity index is 1400. The number of nitrogens with zero attached hydrogens (tertiary/aromatic N) is 3. The first kappa shape index (κ1) is 32.6. The van der Waals surface area contributed by atoms with Crippen molar-refractivity contribution in [3.05, 3.63) is 97.1 Å². The number of carbonyl (C=O) groups excluding carboxylic acids is 3. The maximum Gasteiger partial charge on any atom is 0.249 e. The van der Waals surface area contributed by atoms with Crippen molar-refractivity contribution in [2.24, 2.45) is 17.8 Å². The number of carbonyl (C=O) groups is 3. The number of ether oxygens (including phenoxy) is 1. The van der Waals surface area contributed by atoms with Gasteiger partial charge in [-0.3, -0.25) is 14.4 Å². The van der Waals surface area contributed by atoms with Crippen LogP contribution in [0.15, 0.2) is 86.0 Å². The third-order valence-electron chi connectivity index (χ3n) is 10.2. The second-order valence-electron chi connectivity index (χ2n) is 13.0. The SMILES string of the molecule is C=CCN(Cc1ccccc1)C(=O)C1N([C@@H](CO)Cc2ccccc2)C(=O)[C@@H]2[C@H](C(=O)N(CC=C)CCC)[C@@]3(C)OC12CC3C. The van der Waals surface area contributed by atoms with Gasteiger partial charge >= 0.3 is 0 Å². The van der Waals surface area contributed by atoms with Gasteiger partial charge in [-0.15, -0.1) is 13.2 Å². The smallest absolute Gasteiger partial charge is 0.249 e. The second kappa shape index (κ2) is 13.3. The standard InChI is InChI=1S/C37H47N3O5/c1-6-19-38(20-7-2)33(42)30-31-34(43)40(29(25-41)22-27-15-11-9-12-16-27)32(37(31)23-26(4)36(30,5)45-37)35(44)39(21-8-3)24-28-17-13-10-14-18-28/h6,8-18,26,29-32,41H,1,3,7,19-25H2,2,4-5H3/t26?,29-,30-,31+,32?,36+,37?/m1/s1. The molecule has 0 aromatic heterocycles. The molecule has 3 amide bonds. The summed E-state index contributed by atoms with van der Waals surface area (Å²) in [5, 5.41) is 10.8. The number of hydrogen-bond donors (Lipinski definition) is 1. The van der Waals surface area contributed by atoms with Gasteiger partial charge in [0.05, 0.1) is 30.1 Å². The van der Waals surface area contributed by atoms with Crippen LogP contribution in [0, 0.1) is 17.8 Å². The van der Waals surface area contributed by atoms with E-state index in [1.54, 1.807) is 26.9 Å². The number of aliphatic hydroxyl groups excluding tert-OH is 1. The van der Waals surface area contributed by atoms with Crippen LogP contribution in [-0.2, 0) is 32.1 Å². The molecule has 2 bridgehead atoms. The first-order chi connectivity index (χ1) is 21.7. The molecule has 3 heterocycles. The molecule has 0 radical (unpaired) electrons. The van der Waals surface area contributed by atoms with Crippen molar-refractivity contribution in [3.63, 3.8) is 0 Å². The third kappa shape index (κ3) is 5.63. The van der Waals surface area contributed by atoms with Gasteiger partial charge in [0.25, 0.3) is 0 Å². The summed E-state index contributed by atoms with van der Waals surface area (Å²) in [4.78, 5) is 49.3. The highest BCUT2D eigenvalue weighted by Crippen LogP contribution is 2.66. The van der Waals surface area contributed by atoms with E-state index in [1.165, 1.54) is 0 Å². The molecule has 0 aliphatic carbocycles. The van der Waals surface area contributed by atoms with Crippen LogP contribution in [0.25, 0.3) is 0 Å². The minimum Gasteiger partial charge on any atom is -0.394 e. The number of benzene rings is 2. The summed E-state index contributed by atoms with van der Waals surface area (Å²) in [5.74, 6) is -2.40. The quantitative estimate of drug-likeness (QED) is 0.322. The number of rotatable bonds is 14. The molecule has 3 unspecified atom stereocenters. The fraction of sp³-hybridized carbons (Fsp3) is 0.486. The van der Waals surface area contributed by atoms with E-state index in [0.717, 1.165) is 17.5 Å². The van der Waals surface area contributed by atoms with E-state index in [9.17, 15) is 19.5 Å². The summed E-state index contributed by atoms with van der Waals surface area (Å²) >= 11 is 0. The Morgan fingerprint density at radius 1 is 1.02 bits per heavy atom. The fourth-order valence-electron chi connectivity index (χ4n) is 8.14. The number of likely N-dealkylation sites (tertiary alicyclic amines) is 1. The van der Waals surface area contributed by atoms with E-state index in [1.807, 2.05) is 74.5 Å². The molecule has 1 spiro atoms. The zero-order valence-corrected chi connectivity index (χ0v) is 26.8. The molecular weight excluding hydrogens is 566 g/mol. The summed E-state index contributed by atoms with van der Waals surface area (Å²) in [6.45, 7) is 14.9. The van der Waals surface area contributed by atoms with E-state index in [2.05, 4.69) is 20.1 Å². The third-order valence-corrected chi connectivity index (χ3v) is 10.2. The normalized spacial score (nSPS) is 28.9. The maximum atomic E-state index is 14.9. The minimum absolute atomic E-state index is 0.0818. The van der Waals surface area contributed by atoms with Crippen LogP contribution in [-0.4, -0.2) is 87.1 Å². The lowest BCUT2D eigenvalue weighted by Crippen LogP contribution is -2.59.